The van der Waals surface area contributed by atoms with Gasteiger partial charge < -0.3 is 14.5 Å². The standard InChI is InChI=1S/C16H21N3O2S/c1-2-15(14-3-6-18-19-14)21-13(1)10-17-12-4-7-20-16(9-12)5-8-22-11-16/h1-3,6,12,17H,4-5,7-11H2,(H,18,19). The van der Waals surface area contributed by atoms with Gasteiger partial charge in [-0.15, -0.1) is 0 Å². The van der Waals surface area contributed by atoms with Gasteiger partial charge in [0.05, 0.1) is 12.1 Å². The van der Waals surface area contributed by atoms with E-state index in [9.17, 15) is 0 Å². The van der Waals surface area contributed by atoms with Crippen molar-refractivity contribution >= 4 is 11.8 Å². The lowest BCUT2D eigenvalue weighted by Crippen LogP contribution is -2.47. The Labute approximate surface area is 134 Å². The van der Waals surface area contributed by atoms with Crippen molar-refractivity contribution < 1.29 is 9.15 Å². The summed E-state index contributed by atoms with van der Waals surface area (Å²) in [5, 5.41) is 10.5. The molecule has 2 unspecified atom stereocenters. The Morgan fingerprint density at radius 1 is 1.41 bits per heavy atom. The topological polar surface area (TPSA) is 63.1 Å². The summed E-state index contributed by atoms with van der Waals surface area (Å²) in [5.41, 5.74) is 1.05. The molecule has 2 aromatic heterocycles. The molecule has 2 fully saturated rings. The molecule has 2 saturated heterocycles. The fourth-order valence-electron chi connectivity index (χ4n) is 3.32. The van der Waals surface area contributed by atoms with E-state index in [1.165, 1.54) is 12.2 Å². The highest BCUT2D eigenvalue weighted by molar-refractivity contribution is 7.99. The van der Waals surface area contributed by atoms with Gasteiger partial charge in [0.15, 0.2) is 5.76 Å². The fourth-order valence-corrected chi connectivity index (χ4v) is 4.70. The van der Waals surface area contributed by atoms with E-state index in [0.29, 0.717) is 6.04 Å². The Hall–Kier alpha value is -1.24. The number of furan rings is 1. The Morgan fingerprint density at radius 3 is 3.23 bits per heavy atom. The van der Waals surface area contributed by atoms with Crippen LogP contribution in [-0.2, 0) is 11.3 Å². The van der Waals surface area contributed by atoms with Crippen molar-refractivity contribution in [3.05, 3.63) is 30.2 Å². The van der Waals surface area contributed by atoms with Crippen LogP contribution < -0.4 is 5.32 Å². The molecular formula is C16H21N3O2S. The average Bonchev–Trinajstić information content (AvgIpc) is 3.27. The first-order chi connectivity index (χ1) is 10.8. The first-order valence-electron chi connectivity index (χ1n) is 7.87. The van der Waals surface area contributed by atoms with Gasteiger partial charge in [-0.05, 0) is 43.2 Å². The molecule has 5 nitrogen and oxygen atoms in total. The maximum absolute atomic E-state index is 6.07. The fraction of sp³-hybridized carbons (Fsp3) is 0.562. The molecule has 4 rings (SSSR count). The number of rotatable bonds is 4. The molecule has 2 aromatic rings. The minimum Gasteiger partial charge on any atom is -0.458 e. The van der Waals surface area contributed by atoms with E-state index < -0.39 is 0 Å². The number of hydrogen-bond donors (Lipinski definition) is 2. The van der Waals surface area contributed by atoms with Crippen LogP contribution >= 0.6 is 11.8 Å². The third-order valence-corrected chi connectivity index (χ3v) is 5.78. The van der Waals surface area contributed by atoms with Crippen LogP contribution in [0.15, 0.2) is 28.8 Å². The number of aromatic nitrogens is 2. The highest BCUT2D eigenvalue weighted by atomic mass is 32.2. The quantitative estimate of drug-likeness (QED) is 0.907. The summed E-state index contributed by atoms with van der Waals surface area (Å²) < 4.78 is 11.9. The molecule has 6 heteroatoms. The van der Waals surface area contributed by atoms with Crippen molar-refractivity contribution in [2.75, 3.05) is 18.1 Å². The van der Waals surface area contributed by atoms with Crippen molar-refractivity contribution in [3.8, 4) is 11.5 Å². The van der Waals surface area contributed by atoms with Crippen LogP contribution in [-0.4, -0.2) is 40.0 Å². The number of nitrogens with one attached hydrogen (secondary N) is 2. The molecule has 22 heavy (non-hydrogen) atoms. The number of hydrogen-bond acceptors (Lipinski definition) is 5. The lowest BCUT2D eigenvalue weighted by atomic mass is 9.90. The van der Waals surface area contributed by atoms with Gasteiger partial charge in [0.2, 0.25) is 0 Å². The summed E-state index contributed by atoms with van der Waals surface area (Å²) >= 11 is 2.02. The van der Waals surface area contributed by atoms with E-state index in [-0.39, 0.29) is 5.60 Å². The molecule has 0 aromatic carbocycles. The van der Waals surface area contributed by atoms with Gasteiger partial charge in [0.25, 0.3) is 0 Å². The molecule has 0 aliphatic carbocycles. The normalized spacial score (nSPS) is 28.5. The van der Waals surface area contributed by atoms with Crippen molar-refractivity contribution in [2.45, 2.75) is 37.5 Å². The molecule has 1 spiro atoms. The van der Waals surface area contributed by atoms with Crippen molar-refractivity contribution in [1.29, 1.82) is 0 Å². The predicted octanol–water partition coefficient (Wildman–Crippen LogP) is 2.81. The van der Waals surface area contributed by atoms with Crippen molar-refractivity contribution in [2.24, 2.45) is 0 Å². The van der Waals surface area contributed by atoms with Crippen LogP contribution in [0.5, 0.6) is 0 Å². The Bertz CT molecular complexity index is 605. The highest BCUT2D eigenvalue weighted by Crippen LogP contribution is 2.38. The molecule has 0 amide bonds. The molecule has 2 aliphatic rings. The summed E-state index contributed by atoms with van der Waals surface area (Å²) in [6.45, 7) is 1.64. The second-order valence-corrected chi connectivity index (χ2v) is 7.25. The van der Waals surface area contributed by atoms with E-state index in [2.05, 4.69) is 15.5 Å². The van der Waals surface area contributed by atoms with Crippen LogP contribution in [0.4, 0.5) is 0 Å². The minimum absolute atomic E-state index is 0.130. The zero-order chi connectivity index (χ0) is 14.8. The van der Waals surface area contributed by atoms with Crippen LogP contribution in [0.2, 0.25) is 0 Å². The van der Waals surface area contributed by atoms with Gasteiger partial charge in [0, 0.05) is 24.6 Å². The van der Waals surface area contributed by atoms with Gasteiger partial charge in [-0.3, -0.25) is 5.10 Å². The Kier molecular flexibility index (Phi) is 3.98. The SMILES string of the molecule is c1cc(-c2ccc(CNC3CCOC4(CCSC4)C3)o2)[nH]n1. The second kappa shape index (κ2) is 6.10. The summed E-state index contributed by atoms with van der Waals surface area (Å²) in [7, 11) is 0. The molecular weight excluding hydrogens is 298 g/mol. The third-order valence-electron chi connectivity index (χ3n) is 4.55. The number of ether oxygens (including phenoxy) is 1. The molecule has 4 heterocycles. The number of thioether (sulfide) groups is 1. The lowest BCUT2D eigenvalue weighted by molar-refractivity contribution is -0.0704. The predicted molar refractivity (Wildman–Crippen MR) is 86.8 cm³/mol. The average molecular weight is 319 g/mol. The maximum Gasteiger partial charge on any atom is 0.152 e. The molecule has 2 N–H and O–H groups in total. The van der Waals surface area contributed by atoms with Gasteiger partial charge in [0.1, 0.15) is 11.5 Å². The van der Waals surface area contributed by atoms with Crippen molar-refractivity contribution in [1.82, 2.24) is 15.5 Å². The summed E-state index contributed by atoms with van der Waals surface area (Å²) in [6, 6.07) is 6.46. The number of nitrogens with zero attached hydrogens (tertiary/aromatic N) is 1. The van der Waals surface area contributed by atoms with E-state index in [1.807, 2.05) is 30.0 Å². The zero-order valence-electron chi connectivity index (χ0n) is 12.5. The van der Waals surface area contributed by atoms with E-state index in [1.54, 1.807) is 6.20 Å². The molecule has 0 saturated carbocycles. The third kappa shape index (κ3) is 2.95. The van der Waals surface area contributed by atoms with Crippen LogP contribution in [0.3, 0.4) is 0 Å². The minimum atomic E-state index is 0.130. The van der Waals surface area contributed by atoms with E-state index >= 15 is 0 Å². The summed E-state index contributed by atoms with van der Waals surface area (Å²) in [6.07, 6.45) is 5.13. The van der Waals surface area contributed by atoms with Gasteiger partial charge >= 0.3 is 0 Å². The van der Waals surface area contributed by atoms with Gasteiger partial charge in [-0.25, -0.2) is 0 Å². The van der Waals surface area contributed by atoms with Crippen LogP contribution in [0.1, 0.15) is 25.0 Å². The number of H-pyrrole nitrogens is 1. The first-order valence-corrected chi connectivity index (χ1v) is 9.02. The molecule has 2 atom stereocenters. The maximum atomic E-state index is 6.07. The largest absolute Gasteiger partial charge is 0.458 e. The molecule has 2 aliphatic heterocycles. The van der Waals surface area contributed by atoms with Crippen LogP contribution in [0, 0.1) is 0 Å². The Morgan fingerprint density at radius 2 is 2.41 bits per heavy atom. The van der Waals surface area contributed by atoms with Gasteiger partial charge in [-0.2, -0.15) is 16.9 Å². The number of aromatic amines is 1. The molecule has 118 valence electrons. The zero-order valence-corrected chi connectivity index (χ0v) is 13.3. The summed E-state index contributed by atoms with van der Waals surface area (Å²) in [4.78, 5) is 0. The second-order valence-electron chi connectivity index (χ2n) is 6.14. The highest BCUT2D eigenvalue weighted by Gasteiger charge is 2.40. The van der Waals surface area contributed by atoms with Crippen LogP contribution in [0.25, 0.3) is 11.5 Å². The monoisotopic (exact) mass is 319 g/mol. The molecule has 0 bridgehead atoms. The van der Waals surface area contributed by atoms with E-state index in [0.717, 1.165) is 49.0 Å². The molecule has 0 radical (unpaired) electrons. The van der Waals surface area contributed by atoms with Gasteiger partial charge in [-0.1, -0.05) is 0 Å². The van der Waals surface area contributed by atoms with E-state index in [4.69, 9.17) is 9.15 Å². The summed E-state index contributed by atoms with van der Waals surface area (Å²) in [5.74, 6) is 4.19. The van der Waals surface area contributed by atoms with Crippen molar-refractivity contribution in [3.63, 3.8) is 0 Å². The lowest BCUT2D eigenvalue weighted by Gasteiger charge is -2.38. The first kappa shape index (κ1) is 14.4. The smallest absolute Gasteiger partial charge is 0.152 e. The Balaban J connectivity index is 1.34.